The first-order valence-corrected chi connectivity index (χ1v) is 11.3. The van der Waals surface area contributed by atoms with Gasteiger partial charge < -0.3 is 9.47 Å². The summed E-state index contributed by atoms with van der Waals surface area (Å²) < 4.78 is 26.0. The highest BCUT2D eigenvalue weighted by atomic mass is 32.2. The summed E-state index contributed by atoms with van der Waals surface area (Å²) in [4.78, 5) is 13.5. The van der Waals surface area contributed by atoms with Crippen LogP contribution in [0, 0.1) is 12.8 Å². The van der Waals surface area contributed by atoms with Crippen molar-refractivity contribution < 1.29 is 8.42 Å². The maximum atomic E-state index is 12.1. The second-order valence-corrected chi connectivity index (χ2v) is 9.62. The van der Waals surface area contributed by atoms with Gasteiger partial charge >= 0.3 is 0 Å². The number of nitrogens with zero attached hydrogens (tertiary/aromatic N) is 5. The lowest BCUT2D eigenvalue weighted by molar-refractivity contribution is 0.241. The van der Waals surface area contributed by atoms with E-state index in [4.69, 9.17) is 0 Å². The molecule has 0 atom stereocenters. The van der Waals surface area contributed by atoms with Gasteiger partial charge in [0.05, 0.1) is 11.9 Å². The van der Waals surface area contributed by atoms with E-state index in [1.165, 1.54) is 6.26 Å². The minimum Gasteiger partial charge on any atom is -0.354 e. The number of pyridine rings is 1. The Bertz CT molecular complexity index is 883. The number of rotatable bonds is 6. The molecule has 2 aromatic heterocycles. The molecule has 8 heteroatoms. The highest BCUT2D eigenvalue weighted by Gasteiger charge is 2.23. The first-order valence-electron chi connectivity index (χ1n) is 9.39. The summed E-state index contributed by atoms with van der Waals surface area (Å²) in [7, 11) is -3.33. The third-order valence-corrected chi connectivity index (χ3v) is 5.73. The Kier molecular flexibility index (Phi) is 5.86. The molecule has 2 aromatic rings. The highest BCUT2D eigenvalue weighted by molar-refractivity contribution is 7.90. The van der Waals surface area contributed by atoms with Gasteiger partial charge in [0.2, 0.25) is 15.0 Å². The van der Waals surface area contributed by atoms with Gasteiger partial charge in [0.25, 0.3) is 0 Å². The summed E-state index contributed by atoms with van der Waals surface area (Å²) in [5.41, 5.74) is 1.99. The number of sulfone groups is 1. The van der Waals surface area contributed by atoms with Crippen molar-refractivity contribution in [1.29, 1.82) is 0 Å². The zero-order valence-electron chi connectivity index (χ0n) is 16.6. The van der Waals surface area contributed by atoms with Gasteiger partial charge in [0.15, 0.2) is 0 Å². The first-order chi connectivity index (χ1) is 12.7. The molecule has 7 nitrogen and oxygen atoms in total. The van der Waals surface area contributed by atoms with E-state index in [-0.39, 0.29) is 5.16 Å². The number of imidazole rings is 1. The number of aryl methyl sites for hydroxylation is 1. The van der Waals surface area contributed by atoms with Crippen molar-refractivity contribution in [3.63, 3.8) is 0 Å². The van der Waals surface area contributed by atoms with E-state index in [1.54, 1.807) is 6.20 Å². The smallest absolute Gasteiger partial charge is 0.227 e. The zero-order chi connectivity index (χ0) is 19.6. The minimum atomic E-state index is -3.33. The fraction of sp³-hybridized carbons (Fsp3) is 0.579. The van der Waals surface area contributed by atoms with Gasteiger partial charge in [-0.3, -0.25) is 4.90 Å². The van der Waals surface area contributed by atoms with Gasteiger partial charge in [-0.2, -0.15) is 0 Å². The molecule has 27 heavy (non-hydrogen) atoms. The molecular formula is C19H29N5O2S. The number of hydrogen-bond donors (Lipinski definition) is 0. The van der Waals surface area contributed by atoms with E-state index in [0.29, 0.717) is 19.0 Å². The number of anilines is 1. The second kappa shape index (κ2) is 7.98. The fourth-order valence-corrected chi connectivity index (χ4v) is 4.28. The van der Waals surface area contributed by atoms with Crippen LogP contribution in [0.2, 0.25) is 0 Å². The lowest BCUT2D eigenvalue weighted by Gasteiger charge is -2.35. The van der Waals surface area contributed by atoms with Gasteiger partial charge in [-0.15, -0.1) is 0 Å². The SMILES string of the molecule is Cc1cccc(N2CCN(Cc3cnc(S(C)(=O)=O)n3CC(C)C)CC2)n1. The van der Waals surface area contributed by atoms with Crippen molar-refractivity contribution in [2.45, 2.75) is 39.0 Å². The molecule has 0 unspecified atom stereocenters. The molecule has 0 aromatic carbocycles. The monoisotopic (exact) mass is 391 g/mol. The Morgan fingerprint density at radius 3 is 2.44 bits per heavy atom. The van der Waals surface area contributed by atoms with E-state index >= 15 is 0 Å². The first kappa shape index (κ1) is 19.8. The van der Waals surface area contributed by atoms with Gasteiger partial charge in [-0.1, -0.05) is 19.9 Å². The van der Waals surface area contributed by atoms with Crippen molar-refractivity contribution in [3.05, 3.63) is 35.8 Å². The molecule has 0 amide bonds. The largest absolute Gasteiger partial charge is 0.354 e. The topological polar surface area (TPSA) is 71.3 Å². The lowest BCUT2D eigenvalue weighted by Crippen LogP contribution is -2.46. The molecule has 1 fully saturated rings. The van der Waals surface area contributed by atoms with E-state index < -0.39 is 9.84 Å². The molecule has 0 spiro atoms. The summed E-state index contributed by atoms with van der Waals surface area (Å²) in [5.74, 6) is 1.38. The summed E-state index contributed by atoms with van der Waals surface area (Å²) in [6.07, 6.45) is 2.94. The Labute approximate surface area is 162 Å². The fourth-order valence-electron chi connectivity index (χ4n) is 3.44. The maximum absolute atomic E-state index is 12.1. The molecule has 1 aliphatic rings. The molecule has 1 saturated heterocycles. The Morgan fingerprint density at radius 1 is 1.15 bits per heavy atom. The molecule has 0 saturated carbocycles. The third-order valence-electron chi connectivity index (χ3n) is 4.74. The lowest BCUT2D eigenvalue weighted by atomic mass is 10.2. The van der Waals surface area contributed by atoms with E-state index in [1.807, 2.05) is 23.6 Å². The quantitative estimate of drug-likeness (QED) is 0.750. The van der Waals surface area contributed by atoms with E-state index in [0.717, 1.165) is 43.4 Å². The highest BCUT2D eigenvalue weighted by Crippen LogP contribution is 2.18. The molecule has 0 N–H and O–H groups in total. The van der Waals surface area contributed by atoms with Crippen molar-refractivity contribution in [2.24, 2.45) is 5.92 Å². The van der Waals surface area contributed by atoms with Gasteiger partial charge in [0, 0.05) is 51.2 Å². The molecule has 148 valence electrons. The average molecular weight is 392 g/mol. The van der Waals surface area contributed by atoms with Crippen LogP contribution in [0.1, 0.15) is 25.2 Å². The van der Waals surface area contributed by atoms with Gasteiger partial charge in [0.1, 0.15) is 5.82 Å². The summed E-state index contributed by atoms with van der Waals surface area (Å²) >= 11 is 0. The minimum absolute atomic E-state index is 0.175. The molecule has 3 heterocycles. The van der Waals surface area contributed by atoms with Crippen molar-refractivity contribution in [3.8, 4) is 0 Å². The number of piperazine rings is 1. The van der Waals surface area contributed by atoms with Crippen LogP contribution in [0.25, 0.3) is 0 Å². The van der Waals surface area contributed by atoms with Gasteiger partial charge in [-0.05, 0) is 25.0 Å². The zero-order valence-corrected chi connectivity index (χ0v) is 17.4. The van der Waals surface area contributed by atoms with Crippen LogP contribution >= 0.6 is 0 Å². The normalized spacial score (nSPS) is 16.3. The van der Waals surface area contributed by atoms with E-state index in [2.05, 4.69) is 39.7 Å². The van der Waals surface area contributed by atoms with Crippen LogP contribution in [-0.2, 0) is 22.9 Å². The van der Waals surface area contributed by atoms with Crippen LogP contribution in [0.4, 0.5) is 5.82 Å². The average Bonchev–Trinajstić information content (AvgIpc) is 2.97. The van der Waals surface area contributed by atoms with Crippen molar-refractivity contribution in [1.82, 2.24) is 19.4 Å². The Hall–Kier alpha value is -1.93. The molecular weight excluding hydrogens is 362 g/mol. The van der Waals surface area contributed by atoms with Crippen molar-refractivity contribution in [2.75, 3.05) is 37.3 Å². The molecule has 0 radical (unpaired) electrons. The second-order valence-electron chi connectivity index (χ2n) is 7.71. The van der Waals surface area contributed by atoms with Crippen LogP contribution in [0.15, 0.2) is 29.6 Å². The molecule has 1 aliphatic heterocycles. The molecule has 0 bridgehead atoms. The third kappa shape index (κ3) is 4.87. The maximum Gasteiger partial charge on any atom is 0.227 e. The predicted octanol–water partition coefficient (Wildman–Crippen LogP) is 1.97. The summed E-state index contributed by atoms with van der Waals surface area (Å²) in [6, 6.07) is 6.11. The van der Waals surface area contributed by atoms with E-state index in [9.17, 15) is 8.42 Å². The van der Waals surface area contributed by atoms with Gasteiger partial charge in [-0.25, -0.2) is 18.4 Å². The number of hydrogen-bond acceptors (Lipinski definition) is 6. The Morgan fingerprint density at radius 2 is 1.85 bits per heavy atom. The Balaban J connectivity index is 1.69. The van der Waals surface area contributed by atoms with Crippen LogP contribution in [-0.4, -0.2) is 60.3 Å². The molecule has 3 rings (SSSR count). The molecule has 0 aliphatic carbocycles. The van der Waals surface area contributed by atoms with Crippen LogP contribution in [0.3, 0.4) is 0 Å². The van der Waals surface area contributed by atoms with Crippen molar-refractivity contribution >= 4 is 15.7 Å². The summed E-state index contributed by atoms with van der Waals surface area (Å²) in [5, 5.41) is 0.175. The summed E-state index contributed by atoms with van der Waals surface area (Å²) in [6.45, 7) is 11.2. The van der Waals surface area contributed by atoms with Crippen LogP contribution in [0.5, 0.6) is 0 Å². The number of aromatic nitrogens is 3. The standard InChI is InChI=1S/C19H29N5O2S/c1-15(2)13-24-17(12-20-19(24)27(4,25)26)14-22-8-10-23(11-9-22)18-7-5-6-16(3)21-18/h5-7,12,15H,8-11,13-14H2,1-4H3. The predicted molar refractivity (Wildman–Crippen MR) is 107 cm³/mol. The van der Waals surface area contributed by atoms with Crippen LogP contribution < -0.4 is 4.90 Å².